The minimum atomic E-state index is 0.777. The molecule has 6 rings (SSSR count). The van der Waals surface area contributed by atoms with Crippen LogP contribution >= 0.6 is 0 Å². The maximum Gasteiger partial charge on any atom is 0.159 e. The van der Waals surface area contributed by atoms with Crippen molar-refractivity contribution in [3.05, 3.63) is 72.3 Å². The molecule has 3 aromatic heterocycles. The molecule has 0 atom stereocenters. The van der Waals surface area contributed by atoms with Crippen LogP contribution in [0.4, 0.5) is 0 Å². The summed E-state index contributed by atoms with van der Waals surface area (Å²) in [6.07, 6.45) is 15.9. The van der Waals surface area contributed by atoms with Crippen molar-refractivity contribution in [2.75, 3.05) is 33.2 Å². The van der Waals surface area contributed by atoms with Crippen molar-refractivity contribution in [3.63, 3.8) is 0 Å². The highest BCUT2D eigenvalue weighted by Crippen LogP contribution is 2.33. The van der Waals surface area contributed by atoms with Crippen molar-refractivity contribution in [1.82, 2.24) is 34.9 Å². The zero-order chi connectivity index (χ0) is 26.8. The first-order valence-electron chi connectivity index (χ1n) is 14.3. The normalized spacial score (nSPS) is 17.7. The van der Waals surface area contributed by atoms with E-state index in [1.165, 1.54) is 37.7 Å². The molecule has 202 valence electrons. The third-order valence-corrected chi connectivity index (χ3v) is 8.41. The Hall–Kier alpha value is -3.71. The van der Waals surface area contributed by atoms with Crippen LogP contribution in [-0.4, -0.2) is 68.2 Å². The van der Waals surface area contributed by atoms with E-state index in [1.807, 2.05) is 18.5 Å². The summed E-state index contributed by atoms with van der Waals surface area (Å²) in [5, 5.41) is 8.95. The monoisotopic (exact) mass is 521 g/mol. The molecule has 1 saturated carbocycles. The van der Waals surface area contributed by atoms with Gasteiger partial charge < -0.3 is 14.8 Å². The number of aryl methyl sites for hydroxylation is 1. The van der Waals surface area contributed by atoms with Gasteiger partial charge in [-0.1, -0.05) is 50.8 Å². The molecule has 1 aliphatic carbocycles. The van der Waals surface area contributed by atoms with E-state index in [0.29, 0.717) is 0 Å². The third-order valence-electron chi connectivity index (χ3n) is 8.41. The molecular formula is C32H39N7. The van der Waals surface area contributed by atoms with E-state index < -0.39 is 0 Å². The molecule has 2 N–H and O–H groups in total. The summed E-state index contributed by atoms with van der Waals surface area (Å²) in [6.45, 7) is 10.1. The minimum Gasteiger partial charge on any atom is -0.367 e. The number of aromatic amines is 2. The Morgan fingerprint density at radius 2 is 1.87 bits per heavy atom. The molecule has 2 aliphatic rings. The zero-order valence-corrected chi connectivity index (χ0v) is 23.2. The average molecular weight is 522 g/mol. The van der Waals surface area contributed by atoms with Crippen LogP contribution in [0.5, 0.6) is 0 Å². The van der Waals surface area contributed by atoms with Crippen LogP contribution in [0.2, 0.25) is 0 Å². The van der Waals surface area contributed by atoms with Crippen LogP contribution in [0.1, 0.15) is 49.1 Å². The summed E-state index contributed by atoms with van der Waals surface area (Å²) in [4.78, 5) is 18.0. The lowest BCUT2D eigenvalue weighted by atomic mass is 9.85. The van der Waals surface area contributed by atoms with Gasteiger partial charge in [0.05, 0.1) is 11.2 Å². The summed E-state index contributed by atoms with van der Waals surface area (Å²) in [5.41, 5.74) is 8.57. The van der Waals surface area contributed by atoms with Gasteiger partial charge >= 0.3 is 0 Å². The molecule has 1 aromatic carbocycles. The maximum atomic E-state index is 5.08. The van der Waals surface area contributed by atoms with Crippen molar-refractivity contribution >= 4 is 16.6 Å². The molecule has 1 saturated heterocycles. The van der Waals surface area contributed by atoms with Crippen LogP contribution in [0.3, 0.4) is 0 Å². The number of nitrogens with one attached hydrogen (secondary N) is 2. The van der Waals surface area contributed by atoms with Crippen LogP contribution in [0.15, 0.2) is 55.4 Å². The molecule has 4 aromatic rings. The van der Waals surface area contributed by atoms with Crippen molar-refractivity contribution in [1.29, 1.82) is 0 Å². The second kappa shape index (κ2) is 11.2. The Morgan fingerprint density at radius 1 is 1.05 bits per heavy atom. The number of aromatic nitrogens is 5. The fourth-order valence-electron chi connectivity index (χ4n) is 6.17. The molecule has 0 radical (unpaired) electrons. The number of imidazole rings is 1. The van der Waals surface area contributed by atoms with E-state index in [1.54, 1.807) is 0 Å². The number of allylic oxidation sites excluding steroid dienone is 2. The Bertz CT molecular complexity index is 1480. The number of rotatable bonds is 7. The molecule has 1 aliphatic heterocycles. The number of likely N-dealkylation sites (N-methyl/N-ethyl adjacent to an activating group) is 1. The van der Waals surface area contributed by atoms with Gasteiger partial charge in [-0.25, -0.2) is 4.98 Å². The molecule has 7 heteroatoms. The van der Waals surface area contributed by atoms with E-state index in [9.17, 15) is 0 Å². The fourth-order valence-corrected chi connectivity index (χ4v) is 6.17. The zero-order valence-electron chi connectivity index (χ0n) is 23.2. The van der Waals surface area contributed by atoms with Crippen molar-refractivity contribution in [2.45, 2.75) is 45.4 Å². The van der Waals surface area contributed by atoms with Gasteiger partial charge in [0.15, 0.2) is 5.82 Å². The van der Waals surface area contributed by atoms with Gasteiger partial charge in [0.2, 0.25) is 0 Å². The Labute approximate surface area is 231 Å². The van der Waals surface area contributed by atoms with E-state index in [0.717, 1.165) is 89.2 Å². The number of benzene rings is 1. The molecule has 4 heterocycles. The van der Waals surface area contributed by atoms with Crippen LogP contribution in [0, 0.1) is 12.8 Å². The summed E-state index contributed by atoms with van der Waals surface area (Å²) < 4.78 is 0. The highest BCUT2D eigenvalue weighted by Gasteiger charge is 2.23. The minimum absolute atomic E-state index is 0.777. The molecule has 0 amide bonds. The maximum absolute atomic E-state index is 5.08. The van der Waals surface area contributed by atoms with Crippen molar-refractivity contribution in [3.8, 4) is 22.6 Å². The predicted octanol–water partition coefficient (Wildman–Crippen LogP) is 6.22. The van der Waals surface area contributed by atoms with Crippen LogP contribution in [-0.2, 0) is 6.42 Å². The lowest BCUT2D eigenvalue weighted by Crippen LogP contribution is -2.43. The first-order chi connectivity index (χ1) is 19.1. The van der Waals surface area contributed by atoms with Crippen LogP contribution < -0.4 is 0 Å². The molecular weight excluding hydrogens is 482 g/mol. The van der Waals surface area contributed by atoms with Gasteiger partial charge in [-0.3, -0.25) is 10.1 Å². The quantitative estimate of drug-likeness (QED) is 0.282. The predicted molar refractivity (Wildman–Crippen MR) is 159 cm³/mol. The lowest BCUT2D eigenvalue weighted by molar-refractivity contribution is 0.207. The number of fused-ring (bicyclic) bond motifs is 1. The first kappa shape index (κ1) is 25.6. The summed E-state index contributed by atoms with van der Waals surface area (Å²) in [6, 6.07) is 8.80. The molecule has 2 fully saturated rings. The Kier molecular flexibility index (Phi) is 7.33. The number of pyridine rings is 1. The van der Waals surface area contributed by atoms with Gasteiger partial charge in [0, 0.05) is 55.2 Å². The number of hydrogen-bond acceptors (Lipinski definition) is 5. The largest absolute Gasteiger partial charge is 0.367 e. The van der Waals surface area contributed by atoms with E-state index in [4.69, 9.17) is 4.98 Å². The highest BCUT2D eigenvalue weighted by molar-refractivity contribution is 5.94. The number of H-pyrrole nitrogens is 2. The van der Waals surface area contributed by atoms with Gasteiger partial charge in [0.1, 0.15) is 11.4 Å². The van der Waals surface area contributed by atoms with E-state index >= 15 is 0 Å². The third kappa shape index (κ3) is 5.41. The summed E-state index contributed by atoms with van der Waals surface area (Å²) in [7, 11) is 2.17. The van der Waals surface area contributed by atoms with Crippen LogP contribution in [0.25, 0.3) is 39.2 Å². The molecule has 39 heavy (non-hydrogen) atoms. The molecule has 0 unspecified atom stereocenters. The number of hydrogen-bond donors (Lipinski definition) is 2. The van der Waals surface area contributed by atoms with Gasteiger partial charge in [-0.15, -0.1) is 0 Å². The van der Waals surface area contributed by atoms with Gasteiger partial charge in [-0.05, 0) is 61.7 Å². The van der Waals surface area contributed by atoms with Gasteiger partial charge in [-0.2, -0.15) is 5.10 Å². The average Bonchev–Trinajstić information content (AvgIpc) is 3.56. The topological polar surface area (TPSA) is 76.7 Å². The first-order valence-corrected chi connectivity index (χ1v) is 14.3. The SMILES string of the molecule is C=C/C=C(\c1nc(-c2n[nH]c3ccc(-c4cncc(CC5CCCCC5)c4)cc23)[nH]c1C)N1CCN(C)CC1. The Balaban J connectivity index is 1.30. The number of nitrogens with zero attached hydrogens (tertiary/aromatic N) is 5. The van der Waals surface area contributed by atoms with Gasteiger partial charge in [0.25, 0.3) is 0 Å². The fraction of sp³-hybridized carbons (Fsp3) is 0.406. The molecule has 0 bridgehead atoms. The van der Waals surface area contributed by atoms with E-state index in [-0.39, 0.29) is 0 Å². The standard InChI is InChI=1S/C32H39N7/c1-4-8-29(39-15-13-38(3)14-16-39)30-22(2)34-32(35-30)31-27-19-25(11-12-28(27)36-37-31)26-18-24(20-33-21-26)17-23-9-6-5-7-10-23/h4,8,11-12,18-21,23H,1,5-7,9-10,13-17H2,2-3H3,(H,34,35)(H,36,37)/b29-8+. The molecule has 7 nitrogen and oxygen atoms in total. The smallest absolute Gasteiger partial charge is 0.159 e. The lowest BCUT2D eigenvalue weighted by Gasteiger charge is -2.35. The van der Waals surface area contributed by atoms with E-state index in [2.05, 4.69) is 80.9 Å². The number of piperazine rings is 1. The second-order valence-corrected chi connectivity index (χ2v) is 11.3. The highest BCUT2D eigenvalue weighted by atomic mass is 15.3. The van der Waals surface area contributed by atoms with Crippen molar-refractivity contribution in [2.24, 2.45) is 5.92 Å². The summed E-state index contributed by atoms with van der Waals surface area (Å²) >= 11 is 0. The van der Waals surface area contributed by atoms with Crippen molar-refractivity contribution < 1.29 is 0 Å². The molecule has 0 spiro atoms. The Morgan fingerprint density at radius 3 is 2.67 bits per heavy atom. The summed E-state index contributed by atoms with van der Waals surface area (Å²) in [5.74, 6) is 1.57. The second-order valence-electron chi connectivity index (χ2n) is 11.3.